The first-order valence-corrected chi connectivity index (χ1v) is 4.59. The highest BCUT2D eigenvalue weighted by atomic mass is 19.1. The molecule has 4 nitrogen and oxygen atoms in total. The predicted octanol–water partition coefficient (Wildman–Crippen LogP) is 0.836. The van der Waals surface area contributed by atoms with Crippen LogP contribution < -0.4 is 11.2 Å². The van der Waals surface area contributed by atoms with Crippen molar-refractivity contribution in [3.63, 3.8) is 0 Å². The molecule has 1 amide bonds. The Hall–Kier alpha value is -1.46. The Kier molecular flexibility index (Phi) is 4.73. The van der Waals surface area contributed by atoms with Gasteiger partial charge in [-0.2, -0.15) is 0 Å². The van der Waals surface area contributed by atoms with Crippen molar-refractivity contribution in [2.45, 2.75) is 6.42 Å². The number of amides is 1. The largest absolute Gasteiger partial charge is 0.352 e. The number of benzene rings is 1. The van der Waals surface area contributed by atoms with E-state index in [1.54, 1.807) is 0 Å². The summed E-state index contributed by atoms with van der Waals surface area (Å²) in [5.41, 5.74) is 0.435. The maximum atomic E-state index is 12.5. The van der Waals surface area contributed by atoms with Crippen molar-refractivity contribution in [2.75, 3.05) is 13.2 Å². The van der Waals surface area contributed by atoms with Gasteiger partial charge in [-0.1, -0.05) is 0 Å². The lowest BCUT2D eigenvalue weighted by atomic mass is 10.2. The molecule has 5 heteroatoms. The molecule has 0 bridgehead atoms. The molecule has 1 aromatic rings. The van der Waals surface area contributed by atoms with Crippen LogP contribution in [0.15, 0.2) is 24.3 Å². The summed E-state index contributed by atoms with van der Waals surface area (Å²) in [4.78, 5) is 15.8. The third kappa shape index (κ3) is 4.05. The van der Waals surface area contributed by atoms with Crippen molar-refractivity contribution in [3.05, 3.63) is 35.6 Å². The molecule has 0 aliphatic rings. The molecule has 1 aromatic carbocycles. The fraction of sp³-hybridized carbons (Fsp3) is 0.300. The van der Waals surface area contributed by atoms with E-state index in [9.17, 15) is 9.18 Å². The highest BCUT2D eigenvalue weighted by molar-refractivity contribution is 5.94. The molecule has 0 radical (unpaired) electrons. The summed E-state index contributed by atoms with van der Waals surface area (Å²) in [5.74, 6) is 4.23. The summed E-state index contributed by atoms with van der Waals surface area (Å²) in [6.07, 6.45) is 0.642. The summed E-state index contributed by atoms with van der Waals surface area (Å²) in [6.45, 7) is 0.872. The smallest absolute Gasteiger partial charge is 0.251 e. The maximum absolute atomic E-state index is 12.5. The van der Waals surface area contributed by atoms with Crippen molar-refractivity contribution < 1.29 is 14.0 Å². The highest BCUT2D eigenvalue weighted by Gasteiger charge is 2.03. The first-order chi connectivity index (χ1) is 7.24. The van der Waals surface area contributed by atoms with Crippen molar-refractivity contribution in [2.24, 2.45) is 5.90 Å². The van der Waals surface area contributed by atoms with Gasteiger partial charge in [-0.05, 0) is 30.7 Å². The zero-order valence-electron chi connectivity index (χ0n) is 8.20. The Morgan fingerprint density at radius 2 is 2.07 bits per heavy atom. The third-order valence-electron chi connectivity index (χ3n) is 1.83. The maximum Gasteiger partial charge on any atom is 0.251 e. The summed E-state index contributed by atoms with van der Waals surface area (Å²) < 4.78 is 12.5. The Labute approximate surface area is 87.2 Å². The Balaban J connectivity index is 2.37. The first-order valence-electron chi connectivity index (χ1n) is 4.59. The van der Waals surface area contributed by atoms with Crippen LogP contribution in [0.1, 0.15) is 16.8 Å². The molecule has 15 heavy (non-hydrogen) atoms. The Bertz CT molecular complexity index is 314. The van der Waals surface area contributed by atoms with Gasteiger partial charge in [-0.15, -0.1) is 0 Å². The van der Waals surface area contributed by atoms with Gasteiger partial charge in [-0.3, -0.25) is 4.79 Å². The summed E-state index contributed by atoms with van der Waals surface area (Å²) >= 11 is 0. The van der Waals surface area contributed by atoms with Crippen molar-refractivity contribution in [1.29, 1.82) is 0 Å². The number of hydrogen-bond donors (Lipinski definition) is 2. The van der Waals surface area contributed by atoms with E-state index in [-0.39, 0.29) is 11.7 Å². The average Bonchev–Trinajstić information content (AvgIpc) is 2.25. The molecule has 82 valence electrons. The topological polar surface area (TPSA) is 64.3 Å². The molecule has 0 aliphatic carbocycles. The van der Waals surface area contributed by atoms with Gasteiger partial charge in [0.1, 0.15) is 5.82 Å². The first kappa shape index (κ1) is 11.6. The van der Waals surface area contributed by atoms with Gasteiger partial charge in [-0.25, -0.2) is 10.3 Å². The van der Waals surface area contributed by atoms with Gasteiger partial charge in [0, 0.05) is 12.1 Å². The van der Waals surface area contributed by atoms with E-state index in [0.717, 1.165) is 0 Å². The SMILES string of the molecule is NOCCCNC(=O)c1ccc(F)cc1. The zero-order valence-corrected chi connectivity index (χ0v) is 8.20. The molecule has 0 heterocycles. The van der Waals surface area contributed by atoms with Crippen LogP contribution in [0.4, 0.5) is 4.39 Å². The number of hydrogen-bond acceptors (Lipinski definition) is 3. The van der Waals surface area contributed by atoms with Gasteiger partial charge >= 0.3 is 0 Å². The monoisotopic (exact) mass is 212 g/mol. The van der Waals surface area contributed by atoms with Crippen LogP contribution in [0.2, 0.25) is 0 Å². The molecule has 0 unspecified atom stereocenters. The van der Waals surface area contributed by atoms with E-state index >= 15 is 0 Å². The standard InChI is InChI=1S/C10H13FN2O2/c11-9-4-2-8(3-5-9)10(14)13-6-1-7-15-12/h2-5H,1,6-7,12H2,(H,13,14). The number of rotatable bonds is 5. The Morgan fingerprint density at radius 3 is 2.67 bits per heavy atom. The van der Waals surface area contributed by atoms with E-state index < -0.39 is 0 Å². The third-order valence-corrected chi connectivity index (χ3v) is 1.83. The second-order valence-electron chi connectivity index (χ2n) is 2.99. The normalized spacial score (nSPS) is 10.0. The van der Waals surface area contributed by atoms with Crippen LogP contribution in [0.3, 0.4) is 0 Å². The fourth-order valence-electron chi connectivity index (χ4n) is 1.06. The van der Waals surface area contributed by atoms with Crippen LogP contribution >= 0.6 is 0 Å². The highest BCUT2D eigenvalue weighted by Crippen LogP contribution is 2.02. The molecule has 0 aliphatic heterocycles. The van der Waals surface area contributed by atoms with Crippen molar-refractivity contribution >= 4 is 5.91 Å². The lowest BCUT2D eigenvalue weighted by Gasteiger charge is -2.04. The molecular weight excluding hydrogens is 199 g/mol. The van der Waals surface area contributed by atoms with Crippen LogP contribution in [-0.4, -0.2) is 19.1 Å². The molecule has 0 aromatic heterocycles. The minimum atomic E-state index is -0.358. The van der Waals surface area contributed by atoms with Crippen LogP contribution in [0.5, 0.6) is 0 Å². The van der Waals surface area contributed by atoms with E-state index in [0.29, 0.717) is 25.1 Å². The van der Waals surface area contributed by atoms with Gasteiger partial charge < -0.3 is 10.2 Å². The zero-order chi connectivity index (χ0) is 11.1. The van der Waals surface area contributed by atoms with Gasteiger partial charge in [0.25, 0.3) is 5.91 Å². The molecular formula is C10H13FN2O2. The van der Waals surface area contributed by atoms with Crippen molar-refractivity contribution in [3.8, 4) is 0 Å². The summed E-state index contributed by atoms with van der Waals surface area (Å²) in [5, 5.41) is 2.66. The van der Waals surface area contributed by atoms with Crippen LogP contribution in [-0.2, 0) is 4.84 Å². The van der Waals surface area contributed by atoms with E-state index in [4.69, 9.17) is 5.90 Å². The quantitative estimate of drug-likeness (QED) is 0.561. The average molecular weight is 212 g/mol. The van der Waals surface area contributed by atoms with E-state index in [1.165, 1.54) is 24.3 Å². The lowest BCUT2D eigenvalue weighted by Crippen LogP contribution is -2.25. The molecule has 0 spiro atoms. The molecule has 0 saturated heterocycles. The molecule has 0 fully saturated rings. The van der Waals surface area contributed by atoms with Crippen LogP contribution in [0, 0.1) is 5.82 Å². The predicted molar refractivity (Wildman–Crippen MR) is 53.5 cm³/mol. The number of halogens is 1. The van der Waals surface area contributed by atoms with E-state index in [1.807, 2.05) is 0 Å². The Morgan fingerprint density at radius 1 is 1.40 bits per heavy atom. The number of nitrogens with two attached hydrogens (primary N) is 1. The minimum absolute atomic E-state index is 0.230. The molecule has 0 atom stereocenters. The van der Waals surface area contributed by atoms with Gasteiger partial charge in [0.2, 0.25) is 0 Å². The van der Waals surface area contributed by atoms with Crippen molar-refractivity contribution in [1.82, 2.24) is 5.32 Å². The van der Waals surface area contributed by atoms with Gasteiger partial charge in [0.15, 0.2) is 0 Å². The molecule has 1 rings (SSSR count). The molecule has 0 saturated carbocycles. The van der Waals surface area contributed by atoms with E-state index in [2.05, 4.69) is 10.2 Å². The summed E-state index contributed by atoms with van der Waals surface area (Å²) in [7, 11) is 0. The number of nitrogens with one attached hydrogen (secondary N) is 1. The minimum Gasteiger partial charge on any atom is -0.352 e. The number of carbonyl (C=O) groups is 1. The number of carbonyl (C=O) groups excluding carboxylic acids is 1. The molecule has 3 N–H and O–H groups in total. The van der Waals surface area contributed by atoms with Gasteiger partial charge in [0.05, 0.1) is 6.61 Å². The second kappa shape index (κ2) is 6.10. The van der Waals surface area contributed by atoms with Crippen LogP contribution in [0.25, 0.3) is 0 Å². The lowest BCUT2D eigenvalue weighted by molar-refractivity contribution is 0.0941. The summed E-state index contributed by atoms with van der Waals surface area (Å²) in [6, 6.07) is 5.37. The fourth-order valence-corrected chi connectivity index (χ4v) is 1.06. The second-order valence-corrected chi connectivity index (χ2v) is 2.99.